The molecule has 0 aliphatic carbocycles. The zero-order valence-corrected chi connectivity index (χ0v) is 10.4. The van der Waals surface area contributed by atoms with Crippen LogP contribution >= 0.6 is 0 Å². The molecule has 100 valence electrons. The molecular formula is C13H15N3O3. The molecule has 1 saturated heterocycles. The van der Waals surface area contributed by atoms with E-state index >= 15 is 0 Å². The molecule has 1 aliphatic heterocycles. The summed E-state index contributed by atoms with van der Waals surface area (Å²) in [6.07, 6.45) is 1.49. The lowest BCUT2D eigenvalue weighted by molar-refractivity contribution is 0.0803. The molecule has 6 nitrogen and oxygen atoms in total. The van der Waals surface area contributed by atoms with Gasteiger partial charge in [0.25, 0.3) is 0 Å². The number of hydrogen-bond donors (Lipinski definition) is 2. The number of anilines is 1. The van der Waals surface area contributed by atoms with Gasteiger partial charge in [-0.1, -0.05) is 0 Å². The third kappa shape index (κ3) is 2.04. The van der Waals surface area contributed by atoms with Gasteiger partial charge < -0.3 is 15.5 Å². The summed E-state index contributed by atoms with van der Waals surface area (Å²) < 4.78 is 6.21. The topological polar surface area (TPSA) is 90.3 Å². The van der Waals surface area contributed by atoms with Crippen LogP contribution in [0.2, 0.25) is 0 Å². The van der Waals surface area contributed by atoms with Crippen LogP contribution in [-0.2, 0) is 0 Å². The zero-order valence-electron chi connectivity index (χ0n) is 10.4. The van der Waals surface area contributed by atoms with Crippen molar-refractivity contribution >= 4 is 22.7 Å². The van der Waals surface area contributed by atoms with Gasteiger partial charge in [0.2, 0.25) is 5.91 Å². The monoisotopic (exact) mass is 261 g/mol. The number of oxazole rings is 1. The lowest BCUT2D eigenvalue weighted by atomic mass is 9.97. The molecule has 1 fully saturated rings. The average Bonchev–Trinajstić information content (AvgIpc) is 2.74. The Bertz CT molecular complexity index is 680. The molecule has 1 aromatic carbocycles. The van der Waals surface area contributed by atoms with Crippen molar-refractivity contribution in [2.75, 3.05) is 18.8 Å². The van der Waals surface area contributed by atoms with Gasteiger partial charge in [0.05, 0.1) is 5.52 Å². The highest BCUT2D eigenvalue weighted by molar-refractivity contribution is 5.91. The number of benzene rings is 1. The van der Waals surface area contributed by atoms with E-state index in [9.17, 15) is 9.59 Å². The van der Waals surface area contributed by atoms with Crippen molar-refractivity contribution < 1.29 is 9.21 Å². The fraction of sp³-hybridized carbons (Fsp3) is 0.385. The van der Waals surface area contributed by atoms with E-state index in [2.05, 4.69) is 5.32 Å². The van der Waals surface area contributed by atoms with Crippen molar-refractivity contribution in [3.05, 3.63) is 28.7 Å². The first kappa shape index (κ1) is 12.0. The molecule has 19 heavy (non-hydrogen) atoms. The Hall–Kier alpha value is -2.08. The lowest BCUT2D eigenvalue weighted by Crippen LogP contribution is -2.36. The molecule has 0 bridgehead atoms. The van der Waals surface area contributed by atoms with Crippen molar-refractivity contribution in [1.29, 1.82) is 0 Å². The maximum absolute atomic E-state index is 12.4. The SMILES string of the molecule is Nc1ccc2c(c1)oc(=O)n2C(=O)C1CCNCC1. The molecule has 0 amide bonds. The Labute approximate surface area is 109 Å². The van der Waals surface area contributed by atoms with Crippen LogP contribution in [0, 0.1) is 5.92 Å². The molecule has 0 spiro atoms. The molecule has 1 aliphatic rings. The number of piperidine rings is 1. The largest absolute Gasteiger partial charge is 0.426 e. The van der Waals surface area contributed by atoms with Crippen molar-refractivity contribution in [2.24, 2.45) is 5.92 Å². The first-order valence-corrected chi connectivity index (χ1v) is 6.33. The minimum Gasteiger partial charge on any atom is -0.407 e. The summed E-state index contributed by atoms with van der Waals surface area (Å²) in [7, 11) is 0. The number of rotatable bonds is 1. The van der Waals surface area contributed by atoms with E-state index in [4.69, 9.17) is 10.2 Å². The summed E-state index contributed by atoms with van der Waals surface area (Å²) in [6, 6.07) is 4.86. The Balaban J connectivity index is 2.06. The summed E-state index contributed by atoms with van der Waals surface area (Å²) in [5.41, 5.74) is 6.98. The first-order valence-electron chi connectivity index (χ1n) is 6.33. The fourth-order valence-electron chi connectivity index (χ4n) is 2.50. The highest BCUT2D eigenvalue weighted by Crippen LogP contribution is 2.20. The molecule has 3 rings (SSSR count). The summed E-state index contributed by atoms with van der Waals surface area (Å²) in [6.45, 7) is 1.60. The van der Waals surface area contributed by atoms with Crippen LogP contribution in [0.25, 0.3) is 11.1 Å². The van der Waals surface area contributed by atoms with E-state index in [-0.39, 0.29) is 11.8 Å². The fourth-order valence-corrected chi connectivity index (χ4v) is 2.50. The van der Waals surface area contributed by atoms with Crippen molar-refractivity contribution in [2.45, 2.75) is 12.8 Å². The number of nitrogens with one attached hydrogen (secondary N) is 1. The molecule has 2 heterocycles. The zero-order chi connectivity index (χ0) is 13.4. The van der Waals surface area contributed by atoms with E-state index in [1.807, 2.05) is 0 Å². The van der Waals surface area contributed by atoms with Gasteiger partial charge in [-0.2, -0.15) is 0 Å². The normalized spacial score (nSPS) is 16.8. The van der Waals surface area contributed by atoms with Gasteiger partial charge in [-0.3, -0.25) is 4.79 Å². The van der Waals surface area contributed by atoms with Crippen LogP contribution in [-0.4, -0.2) is 23.6 Å². The quantitative estimate of drug-likeness (QED) is 0.742. The van der Waals surface area contributed by atoms with Gasteiger partial charge in [-0.25, -0.2) is 9.36 Å². The molecule has 0 atom stereocenters. The van der Waals surface area contributed by atoms with Crippen LogP contribution in [0.3, 0.4) is 0 Å². The van der Waals surface area contributed by atoms with Crippen LogP contribution in [0.5, 0.6) is 0 Å². The maximum atomic E-state index is 12.4. The molecule has 1 aromatic heterocycles. The number of nitrogen functional groups attached to an aromatic ring is 1. The van der Waals surface area contributed by atoms with Crippen molar-refractivity contribution in [1.82, 2.24) is 9.88 Å². The minimum atomic E-state index is -0.635. The molecule has 6 heteroatoms. The van der Waals surface area contributed by atoms with Crippen LogP contribution in [0.4, 0.5) is 5.69 Å². The maximum Gasteiger partial charge on any atom is 0.426 e. The first-order chi connectivity index (χ1) is 9.16. The molecule has 3 N–H and O–H groups in total. The molecule has 0 unspecified atom stereocenters. The summed E-state index contributed by atoms with van der Waals surface area (Å²) >= 11 is 0. The standard InChI is InChI=1S/C13H15N3O3/c14-9-1-2-10-11(7-9)19-13(18)16(10)12(17)8-3-5-15-6-4-8/h1-2,7-8,15H,3-6,14H2. The Morgan fingerprint density at radius 2 is 2.11 bits per heavy atom. The minimum absolute atomic E-state index is 0.127. The Morgan fingerprint density at radius 3 is 2.84 bits per heavy atom. The number of nitrogens with zero attached hydrogens (tertiary/aromatic N) is 1. The number of aromatic nitrogens is 1. The Kier molecular flexibility index (Phi) is 2.87. The second-order valence-corrected chi connectivity index (χ2v) is 4.79. The van der Waals surface area contributed by atoms with E-state index in [1.165, 1.54) is 0 Å². The molecule has 0 radical (unpaired) electrons. The highest BCUT2D eigenvalue weighted by atomic mass is 16.4. The summed E-state index contributed by atoms with van der Waals surface area (Å²) in [5, 5.41) is 3.19. The van der Waals surface area contributed by atoms with E-state index in [1.54, 1.807) is 18.2 Å². The average molecular weight is 261 g/mol. The van der Waals surface area contributed by atoms with Crippen LogP contribution in [0.15, 0.2) is 27.4 Å². The second kappa shape index (κ2) is 4.55. The third-order valence-electron chi connectivity index (χ3n) is 3.51. The van der Waals surface area contributed by atoms with Crippen molar-refractivity contribution in [3.8, 4) is 0 Å². The molecular weight excluding hydrogens is 246 g/mol. The van der Waals surface area contributed by atoms with Gasteiger partial charge in [0, 0.05) is 17.7 Å². The second-order valence-electron chi connectivity index (χ2n) is 4.79. The van der Waals surface area contributed by atoms with Gasteiger partial charge in [-0.15, -0.1) is 0 Å². The summed E-state index contributed by atoms with van der Waals surface area (Å²) in [5.74, 6) is -0.948. The van der Waals surface area contributed by atoms with Crippen LogP contribution in [0.1, 0.15) is 17.6 Å². The van der Waals surface area contributed by atoms with Crippen molar-refractivity contribution in [3.63, 3.8) is 0 Å². The number of nitrogens with two attached hydrogens (primary N) is 1. The number of carbonyl (C=O) groups is 1. The number of carbonyl (C=O) groups excluding carboxylic acids is 1. The smallest absolute Gasteiger partial charge is 0.407 e. The van der Waals surface area contributed by atoms with E-state index in [0.717, 1.165) is 30.5 Å². The third-order valence-corrected chi connectivity index (χ3v) is 3.51. The Morgan fingerprint density at radius 1 is 1.37 bits per heavy atom. The predicted octanol–water partition coefficient (Wildman–Crippen LogP) is 0.817. The van der Waals surface area contributed by atoms with Gasteiger partial charge in [-0.05, 0) is 38.1 Å². The van der Waals surface area contributed by atoms with Gasteiger partial charge >= 0.3 is 5.76 Å². The lowest BCUT2D eigenvalue weighted by Gasteiger charge is -2.20. The van der Waals surface area contributed by atoms with Gasteiger partial charge in [0.15, 0.2) is 5.58 Å². The summed E-state index contributed by atoms with van der Waals surface area (Å²) in [4.78, 5) is 24.3. The number of fused-ring (bicyclic) bond motifs is 1. The highest BCUT2D eigenvalue weighted by Gasteiger charge is 2.26. The molecule has 0 saturated carbocycles. The molecule has 2 aromatic rings. The number of hydrogen-bond acceptors (Lipinski definition) is 5. The van der Waals surface area contributed by atoms with E-state index < -0.39 is 5.76 Å². The van der Waals surface area contributed by atoms with Crippen LogP contribution < -0.4 is 16.8 Å². The van der Waals surface area contributed by atoms with Gasteiger partial charge in [0.1, 0.15) is 0 Å². The van der Waals surface area contributed by atoms with E-state index in [0.29, 0.717) is 16.8 Å². The predicted molar refractivity (Wildman–Crippen MR) is 71.1 cm³/mol.